The molecule has 1 aromatic heterocycles. The highest BCUT2D eigenvalue weighted by atomic mass is 79.9. The lowest BCUT2D eigenvalue weighted by molar-refractivity contribution is -0.135. The molecule has 2 aromatic rings. The standard InChI is InChI=1S/C23H31BrN4OS/c1-27-22(19-14-8-9-15-20(19)24)25-26-23(27)30-16-21(29)28(17-10-4-2-5-11-17)18-12-6-3-7-13-18/h8-9,14-15,17-18H,2-7,10-13,16H2,1H3. The molecule has 1 aromatic carbocycles. The van der Waals surface area contributed by atoms with Crippen molar-refractivity contribution in [2.24, 2.45) is 7.05 Å². The first-order valence-corrected chi connectivity index (χ1v) is 13.0. The molecule has 162 valence electrons. The fourth-order valence-electron chi connectivity index (χ4n) is 4.94. The van der Waals surface area contributed by atoms with E-state index in [4.69, 9.17) is 0 Å². The van der Waals surface area contributed by atoms with Gasteiger partial charge in [0.1, 0.15) is 0 Å². The average molecular weight is 491 g/mol. The van der Waals surface area contributed by atoms with Crippen molar-refractivity contribution in [3.63, 3.8) is 0 Å². The van der Waals surface area contributed by atoms with Crippen LogP contribution in [0.4, 0.5) is 0 Å². The first-order valence-electron chi connectivity index (χ1n) is 11.2. The molecule has 0 bridgehead atoms. The van der Waals surface area contributed by atoms with E-state index in [9.17, 15) is 4.79 Å². The Labute approximate surface area is 192 Å². The molecule has 0 saturated heterocycles. The molecule has 7 heteroatoms. The van der Waals surface area contributed by atoms with Crippen molar-refractivity contribution in [3.8, 4) is 11.4 Å². The molecule has 0 radical (unpaired) electrons. The summed E-state index contributed by atoms with van der Waals surface area (Å²) in [5, 5.41) is 9.55. The minimum absolute atomic E-state index is 0.282. The topological polar surface area (TPSA) is 51.0 Å². The summed E-state index contributed by atoms with van der Waals surface area (Å²) in [6.07, 6.45) is 12.3. The van der Waals surface area contributed by atoms with Gasteiger partial charge in [-0.05, 0) is 31.7 Å². The number of hydrogen-bond donors (Lipinski definition) is 0. The molecule has 0 spiro atoms. The summed E-state index contributed by atoms with van der Waals surface area (Å²) in [5.41, 5.74) is 1.01. The van der Waals surface area contributed by atoms with Crippen LogP contribution >= 0.6 is 27.7 Å². The van der Waals surface area contributed by atoms with E-state index in [2.05, 4.69) is 31.0 Å². The first-order chi connectivity index (χ1) is 14.6. The van der Waals surface area contributed by atoms with E-state index in [0.29, 0.717) is 17.8 Å². The van der Waals surface area contributed by atoms with Crippen molar-refractivity contribution in [2.45, 2.75) is 81.4 Å². The van der Waals surface area contributed by atoms with Gasteiger partial charge in [-0.25, -0.2) is 0 Å². The van der Waals surface area contributed by atoms with Gasteiger partial charge in [0.05, 0.1) is 5.75 Å². The maximum atomic E-state index is 13.4. The van der Waals surface area contributed by atoms with Crippen molar-refractivity contribution in [3.05, 3.63) is 28.7 Å². The van der Waals surface area contributed by atoms with Gasteiger partial charge < -0.3 is 9.47 Å². The summed E-state index contributed by atoms with van der Waals surface area (Å²) < 4.78 is 2.98. The number of amides is 1. The minimum Gasteiger partial charge on any atom is -0.336 e. The van der Waals surface area contributed by atoms with Crippen LogP contribution in [0.15, 0.2) is 33.9 Å². The fourth-order valence-corrected chi connectivity index (χ4v) is 6.18. The zero-order valence-electron chi connectivity index (χ0n) is 17.7. The molecule has 0 unspecified atom stereocenters. The number of thioether (sulfide) groups is 1. The van der Waals surface area contributed by atoms with E-state index in [1.807, 2.05) is 35.9 Å². The number of carbonyl (C=O) groups is 1. The van der Waals surface area contributed by atoms with Crippen molar-refractivity contribution < 1.29 is 4.79 Å². The molecule has 2 saturated carbocycles. The molecule has 2 aliphatic rings. The van der Waals surface area contributed by atoms with Crippen LogP contribution in [-0.4, -0.2) is 43.4 Å². The van der Waals surface area contributed by atoms with E-state index in [0.717, 1.165) is 21.0 Å². The van der Waals surface area contributed by atoms with Crippen molar-refractivity contribution in [1.29, 1.82) is 0 Å². The van der Waals surface area contributed by atoms with E-state index >= 15 is 0 Å². The summed E-state index contributed by atoms with van der Waals surface area (Å²) in [6, 6.07) is 8.89. The maximum Gasteiger partial charge on any atom is 0.233 e. The number of nitrogens with zero attached hydrogens (tertiary/aromatic N) is 4. The molecule has 5 nitrogen and oxygen atoms in total. The van der Waals surface area contributed by atoms with Crippen molar-refractivity contribution in [2.75, 3.05) is 5.75 Å². The zero-order valence-corrected chi connectivity index (χ0v) is 20.1. The summed E-state index contributed by atoms with van der Waals surface area (Å²) in [7, 11) is 1.97. The fraction of sp³-hybridized carbons (Fsp3) is 0.609. The number of carbonyl (C=O) groups excluding carboxylic acids is 1. The average Bonchev–Trinajstić information content (AvgIpc) is 3.14. The third-order valence-corrected chi connectivity index (χ3v) is 8.20. The molecular weight excluding hydrogens is 460 g/mol. The van der Waals surface area contributed by atoms with E-state index in [1.165, 1.54) is 76.0 Å². The molecule has 1 heterocycles. The highest BCUT2D eigenvalue weighted by Gasteiger charge is 2.32. The van der Waals surface area contributed by atoms with E-state index < -0.39 is 0 Å². The van der Waals surface area contributed by atoms with Crippen LogP contribution in [0.25, 0.3) is 11.4 Å². The minimum atomic E-state index is 0.282. The zero-order chi connectivity index (χ0) is 20.9. The summed E-state index contributed by atoms with van der Waals surface area (Å²) in [6.45, 7) is 0. The summed E-state index contributed by atoms with van der Waals surface area (Å²) in [4.78, 5) is 15.7. The predicted molar refractivity (Wildman–Crippen MR) is 125 cm³/mol. The van der Waals surface area contributed by atoms with E-state index in [-0.39, 0.29) is 5.91 Å². The Balaban J connectivity index is 1.46. The Hall–Kier alpha value is -1.34. The Morgan fingerprint density at radius 2 is 1.63 bits per heavy atom. The molecule has 2 fully saturated rings. The number of benzene rings is 1. The largest absolute Gasteiger partial charge is 0.336 e. The number of halogens is 1. The van der Waals surface area contributed by atoms with Crippen LogP contribution in [0.2, 0.25) is 0 Å². The normalized spacial score (nSPS) is 18.5. The second-order valence-corrected chi connectivity index (χ2v) is 10.3. The van der Waals surface area contributed by atoms with Gasteiger partial charge in [0.2, 0.25) is 5.91 Å². The Bertz CT molecular complexity index is 841. The Morgan fingerprint density at radius 1 is 1.03 bits per heavy atom. The lowest BCUT2D eigenvalue weighted by Gasteiger charge is -2.41. The van der Waals surface area contributed by atoms with Crippen LogP contribution in [0.1, 0.15) is 64.2 Å². The van der Waals surface area contributed by atoms with Gasteiger partial charge in [-0.1, -0.05) is 84.4 Å². The Kier molecular flexibility index (Phi) is 7.52. The third kappa shape index (κ3) is 4.93. The van der Waals surface area contributed by atoms with Crippen LogP contribution in [0, 0.1) is 0 Å². The molecule has 0 N–H and O–H groups in total. The van der Waals surface area contributed by atoms with Crippen LogP contribution < -0.4 is 0 Å². The van der Waals surface area contributed by atoms with Gasteiger partial charge in [-0.15, -0.1) is 10.2 Å². The second kappa shape index (κ2) is 10.3. The van der Waals surface area contributed by atoms with Gasteiger partial charge in [0.25, 0.3) is 0 Å². The third-order valence-electron chi connectivity index (χ3n) is 6.50. The summed E-state index contributed by atoms with van der Waals surface area (Å²) in [5.74, 6) is 1.53. The molecular formula is C23H31BrN4OS. The molecule has 1 amide bonds. The molecule has 4 rings (SSSR count). The highest BCUT2D eigenvalue weighted by molar-refractivity contribution is 9.10. The quantitative estimate of drug-likeness (QED) is 0.477. The molecule has 0 aliphatic heterocycles. The lowest BCUT2D eigenvalue weighted by atomic mass is 9.88. The SMILES string of the molecule is Cn1c(SCC(=O)N(C2CCCCC2)C2CCCCC2)nnc1-c1ccccc1Br. The monoisotopic (exact) mass is 490 g/mol. The van der Waals surface area contributed by atoms with Crippen molar-refractivity contribution >= 4 is 33.6 Å². The number of aromatic nitrogens is 3. The van der Waals surface area contributed by atoms with Crippen LogP contribution in [0.3, 0.4) is 0 Å². The Morgan fingerprint density at radius 3 is 2.23 bits per heavy atom. The smallest absolute Gasteiger partial charge is 0.233 e. The second-order valence-electron chi connectivity index (χ2n) is 8.52. The lowest BCUT2D eigenvalue weighted by Crippen LogP contribution is -2.49. The van der Waals surface area contributed by atoms with Gasteiger partial charge in [0.15, 0.2) is 11.0 Å². The predicted octanol–water partition coefficient (Wildman–Crippen LogP) is 5.83. The molecule has 0 atom stereocenters. The number of hydrogen-bond acceptors (Lipinski definition) is 4. The van der Waals surface area contributed by atoms with E-state index in [1.54, 1.807) is 0 Å². The first kappa shape index (κ1) is 21.9. The van der Waals surface area contributed by atoms with Gasteiger partial charge in [-0.3, -0.25) is 4.79 Å². The number of rotatable bonds is 6. The molecule has 2 aliphatic carbocycles. The van der Waals surface area contributed by atoms with Crippen LogP contribution in [0.5, 0.6) is 0 Å². The highest BCUT2D eigenvalue weighted by Crippen LogP contribution is 2.32. The summed E-state index contributed by atoms with van der Waals surface area (Å²) >= 11 is 5.11. The van der Waals surface area contributed by atoms with Gasteiger partial charge >= 0.3 is 0 Å². The van der Waals surface area contributed by atoms with Gasteiger partial charge in [-0.2, -0.15) is 0 Å². The molecule has 30 heavy (non-hydrogen) atoms. The van der Waals surface area contributed by atoms with Gasteiger partial charge in [0, 0.05) is 29.2 Å². The van der Waals surface area contributed by atoms with Crippen LogP contribution in [-0.2, 0) is 11.8 Å². The maximum absolute atomic E-state index is 13.4. The van der Waals surface area contributed by atoms with Crippen molar-refractivity contribution in [1.82, 2.24) is 19.7 Å².